The van der Waals surface area contributed by atoms with Crippen molar-refractivity contribution in [2.24, 2.45) is 22.2 Å². The van der Waals surface area contributed by atoms with Crippen LogP contribution in [0.25, 0.3) is 0 Å². The summed E-state index contributed by atoms with van der Waals surface area (Å²) >= 11 is 0. The molecule has 1 aliphatic heterocycles. The molecule has 6 rings (SSSR count). The molecule has 7 unspecified atom stereocenters. The molecular formula is C47H61NO15. The minimum absolute atomic E-state index is 0.0711. The maximum absolute atomic E-state index is 15.2. The van der Waals surface area contributed by atoms with E-state index in [4.69, 9.17) is 23.7 Å². The number of benzene rings is 1. The van der Waals surface area contributed by atoms with Gasteiger partial charge in [0.1, 0.15) is 47.4 Å². The quantitative estimate of drug-likeness (QED) is 0.121. The van der Waals surface area contributed by atoms with Crippen LogP contribution >= 0.6 is 0 Å². The maximum atomic E-state index is 15.2. The number of hydrogen-bond acceptors (Lipinski definition) is 15. The van der Waals surface area contributed by atoms with E-state index in [-0.39, 0.29) is 41.9 Å². The number of hydrogen-bond donors (Lipinski definition) is 5. The van der Waals surface area contributed by atoms with Gasteiger partial charge in [-0.3, -0.25) is 4.79 Å². The summed E-state index contributed by atoms with van der Waals surface area (Å²) in [6.45, 7) is 13.4. The Morgan fingerprint density at radius 1 is 1.00 bits per heavy atom. The minimum atomic E-state index is -2.35. The van der Waals surface area contributed by atoms with Crippen LogP contribution in [0.3, 0.4) is 0 Å². The van der Waals surface area contributed by atoms with Crippen molar-refractivity contribution < 1.29 is 72.9 Å². The number of aliphatic hydroxyl groups is 4. The Morgan fingerprint density at radius 2 is 1.67 bits per heavy atom. The molecule has 1 amide bonds. The lowest BCUT2D eigenvalue weighted by molar-refractivity contribution is -0.319. The van der Waals surface area contributed by atoms with E-state index in [0.717, 1.165) is 6.92 Å². The van der Waals surface area contributed by atoms with E-state index in [1.54, 1.807) is 71.0 Å². The molecule has 1 aromatic carbocycles. The molecule has 1 heterocycles. The van der Waals surface area contributed by atoms with Crippen LogP contribution in [-0.2, 0) is 42.9 Å². The smallest absolute Gasteiger partial charge is 0.408 e. The third-order valence-electron chi connectivity index (χ3n) is 13.8. The Balaban J connectivity index is 1.53. The van der Waals surface area contributed by atoms with E-state index in [1.807, 2.05) is 0 Å². The molecule has 0 spiro atoms. The van der Waals surface area contributed by atoms with Gasteiger partial charge >= 0.3 is 24.0 Å². The van der Waals surface area contributed by atoms with Crippen molar-refractivity contribution in [3.8, 4) is 0 Å². The molecule has 0 radical (unpaired) electrons. The van der Waals surface area contributed by atoms with Crippen molar-refractivity contribution in [3.63, 3.8) is 0 Å². The second-order valence-electron chi connectivity index (χ2n) is 19.5. The number of esters is 3. The topological polar surface area (TPSA) is 242 Å². The van der Waals surface area contributed by atoms with E-state index in [0.29, 0.717) is 18.4 Å². The summed E-state index contributed by atoms with van der Waals surface area (Å²) in [5, 5.41) is 50.8. The molecule has 63 heavy (non-hydrogen) atoms. The summed E-state index contributed by atoms with van der Waals surface area (Å²) in [5.41, 5.74) is -7.66. The Morgan fingerprint density at radius 3 is 2.22 bits per heavy atom. The zero-order valence-corrected chi connectivity index (χ0v) is 37.3. The number of alkyl carbamates (subject to hydrolysis) is 1. The lowest BCUT2D eigenvalue weighted by Crippen LogP contribution is -2.78. The number of fused-ring (bicyclic) bond motifs is 5. The van der Waals surface area contributed by atoms with Crippen LogP contribution in [0.2, 0.25) is 0 Å². The molecule has 5 aliphatic rings. The predicted molar refractivity (Wildman–Crippen MR) is 223 cm³/mol. The van der Waals surface area contributed by atoms with Crippen molar-refractivity contribution in [1.82, 2.24) is 5.32 Å². The van der Waals surface area contributed by atoms with E-state index in [9.17, 15) is 44.4 Å². The SMILES string of the molecule is CC(=O)C[C@@]12COC1CC(O)[C@@]1(C)C(=O)C(O)C3=C(C)[C@@H](OC(=O)[C@H](OC(=O)C(C)O)[C@@H](NC(=O)OC(C)(C)C)C4=CCCC=C4)CC(O)(C(OC(=O)c4ccccc4)C21)C3(C)C. The Labute approximate surface area is 367 Å². The number of allylic oxidation sites excluding steroid dienone is 2. The van der Waals surface area contributed by atoms with Crippen LogP contribution < -0.4 is 5.32 Å². The summed E-state index contributed by atoms with van der Waals surface area (Å²) in [7, 11) is 0. The number of carbonyl (C=O) groups excluding carboxylic acids is 6. The van der Waals surface area contributed by atoms with E-state index in [1.165, 1.54) is 32.9 Å². The Hall–Kier alpha value is -4.74. The zero-order chi connectivity index (χ0) is 46.6. The molecule has 5 N–H and O–H groups in total. The van der Waals surface area contributed by atoms with Crippen LogP contribution in [0, 0.1) is 22.2 Å². The van der Waals surface area contributed by atoms with E-state index >= 15 is 4.79 Å². The zero-order valence-electron chi connectivity index (χ0n) is 37.3. The van der Waals surface area contributed by atoms with Gasteiger partial charge in [-0.25, -0.2) is 19.2 Å². The lowest BCUT2D eigenvalue weighted by Gasteiger charge is -2.68. The first-order valence-electron chi connectivity index (χ1n) is 21.5. The van der Waals surface area contributed by atoms with Crippen LogP contribution in [0.5, 0.6) is 0 Å². The second-order valence-corrected chi connectivity index (χ2v) is 19.5. The average Bonchev–Trinajstić information content (AvgIpc) is 3.20. The average molecular weight is 880 g/mol. The predicted octanol–water partition coefficient (Wildman–Crippen LogP) is 3.76. The highest BCUT2D eigenvalue weighted by Gasteiger charge is 2.76. The van der Waals surface area contributed by atoms with Gasteiger partial charge in [0.15, 0.2) is 5.78 Å². The number of carbonyl (C=O) groups is 6. The van der Waals surface area contributed by atoms with Gasteiger partial charge in [-0.2, -0.15) is 0 Å². The number of Topliss-reactive ketones (excluding diaryl/α,β-unsaturated/α-hetero) is 2. The number of aliphatic hydroxyl groups excluding tert-OH is 3. The molecule has 3 fully saturated rings. The normalized spacial score (nSPS) is 33.6. The van der Waals surface area contributed by atoms with Gasteiger partial charge in [0.05, 0.1) is 29.8 Å². The first-order chi connectivity index (χ1) is 29.3. The molecule has 0 aromatic heterocycles. The summed E-state index contributed by atoms with van der Waals surface area (Å²) < 4.78 is 29.7. The largest absolute Gasteiger partial charge is 0.455 e. The third-order valence-corrected chi connectivity index (χ3v) is 13.8. The highest BCUT2D eigenvalue weighted by molar-refractivity contribution is 5.94. The van der Waals surface area contributed by atoms with Crippen molar-refractivity contribution in [2.45, 2.75) is 154 Å². The summed E-state index contributed by atoms with van der Waals surface area (Å²) in [6.07, 6.45) is -6.72. The molecule has 16 nitrogen and oxygen atoms in total. The van der Waals surface area contributed by atoms with Gasteiger partial charge < -0.3 is 54.2 Å². The maximum Gasteiger partial charge on any atom is 0.408 e. The molecule has 12 atom stereocenters. The number of ether oxygens (including phenoxy) is 5. The Bertz CT molecular complexity index is 2100. The molecule has 344 valence electrons. The van der Waals surface area contributed by atoms with Gasteiger partial charge in [0.2, 0.25) is 6.10 Å². The first-order valence-corrected chi connectivity index (χ1v) is 21.5. The molecule has 2 bridgehead atoms. The third kappa shape index (κ3) is 8.52. The highest BCUT2D eigenvalue weighted by atomic mass is 16.6. The minimum Gasteiger partial charge on any atom is -0.455 e. The highest BCUT2D eigenvalue weighted by Crippen LogP contribution is 2.67. The van der Waals surface area contributed by atoms with Crippen molar-refractivity contribution in [2.75, 3.05) is 6.61 Å². The number of amides is 1. The standard InChI is InChI=1S/C47H61NO15/c1-24(49)21-46-23-59-31(46)20-30(51)45(9)36(46)38(62-40(55)28-18-14-11-15-19-28)47(58)22-29(25(2)32(44(47,7)8)34(52)37(45)53)60-41(56)35(61-39(54)26(3)50)33(27-16-12-10-13-17-27)48-42(57)63-43(4,5)6/h11-12,14-19,26,29-31,33-36,38,50-52,58H,10,13,20-23H2,1-9H3,(H,48,57)/t26?,29-,30?,31?,33-,34?,35+,36?,38?,45+,46+,47?/m0/s1. The van der Waals surface area contributed by atoms with Crippen LogP contribution in [0.1, 0.15) is 105 Å². The molecule has 2 saturated carbocycles. The fourth-order valence-corrected chi connectivity index (χ4v) is 10.6. The first kappa shape index (κ1) is 47.7. The fraction of sp³-hybridized carbons (Fsp3) is 0.617. The molecular weight excluding hydrogens is 819 g/mol. The lowest BCUT2D eigenvalue weighted by atomic mass is 9.41. The Kier molecular flexibility index (Phi) is 13.1. The molecule has 4 aliphatic carbocycles. The number of rotatable bonds is 11. The van der Waals surface area contributed by atoms with Crippen molar-refractivity contribution >= 4 is 35.6 Å². The molecule has 1 aromatic rings. The monoisotopic (exact) mass is 879 g/mol. The summed E-state index contributed by atoms with van der Waals surface area (Å²) in [6, 6.07) is 6.49. The fourth-order valence-electron chi connectivity index (χ4n) is 10.6. The summed E-state index contributed by atoms with van der Waals surface area (Å²) in [5.74, 6) is -5.88. The van der Waals surface area contributed by atoms with Crippen molar-refractivity contribution in [3.05, 3.63) is 70.8 Å². The van der Waals surface area contributed by atoms with Crippen LogP contribution in [-0.4, -0.2) is 123 Å². The van der Waals surface area contributed by atoms with E-state index < -0.39 is 118 Å². The summed E-state index contributed by atoms with van der Waals surface area (Å²) in [4.78, 5) is 83.8. The molecule has 16 heteroatoms. The van der Waals surface area contributed by atoms with Gasteiger partial charge in [-0.15, -0.1) is 0 Å². The van der Waals surface area contributed by atoms with E-state index in [2.05, 4.69) is 5.32 Å². The van der Waals surface area contributed by atoms with Crippen molar-refractivity contribution in [1.29, 1.82) is 0 Å². The van der Waals surface area contributed by atoms with Gasteiger partial charge in [0, 0.05) is 36.0 Å². The van der Waals surface area contributed by atoms with Gasteiger partial charge in [-0.1, -0.05) is 50.3 Å². The van der Waals surface area contributed by atoms with Gasteiger partial charge in [-0.05, 0) is 90.2 Å². The number of nitrogens with one attached hydrogen (secondary N) is 1. The van der Waals surface area contributed by atoms with Crippen LogP contribution in [0.4, 0.5) is 4.79 Å². The van der Waals surface area contributed by atoms with Gasteiger partial charge in [0.25, 0.3) is 0 Å². The number of ketones is 2. The molecule has 1 saturated heterocycles. The second kappa shape index (κ2) is 17.3. The van der Waals surface area contributed by atoms with Crippen LogP contribution in [0.15, 0.2) is 65.3 Å².